The number of nitrogens with one attached hydrogen (secondary N) is 1. The van der Waals surface area contributed by atoms with Crippen LogP contribution >= 0.6 is 0 Å². The molecule has 0 aliphatic carbocycles. The number of anilines is 3. The first-order valence-corrected chi connectivity index (χ1v) is 11.9. The quantitative estimate of drug-likeness (QED) is 0.439. The SMILES string of the molecule is O=C(Nc1cnc(OCC(O)CO)nc1)N1c2nc(-c3cccc(C(F)(F)F)c3)ncc2N2CCC[C@H]1C2. The first-order chi connectivity index (χ1) is 18.2. The third kappa shape index (κ3) is 5.31. The topological polar surface area (TPSA) is 137 Å². The summed E-state index contributed by atoms with van der Waals surface area (Å²) in [5.41, 5.74) is 0.264. The summed E-state index contributed by atoms with van der Waals surface area (Å²) in [6.45, 7) is 0.663. The van der Waals surface area contributed by atoms with E-state index in [9.17, 15) is 23.1 Å². The van der Waals surface area contributed by atoms with Gasteiger partial charge in [0.05, 0.1) is 48.2 Å². The zero-order valence-electron chi connectivity index (χ0n) is 20.0. The molecule has 1 saturated heterocycles. The third-order valence-electron chi connectivity index (χ3n) is 6.24. The van der Waals surface area contributed by atoms with E-state index < -0.39 is 30.5 Å². The Morgan fingerprint density at radius 1 is 1.21 bits per heavy atom. The summed E-state index contributed by atoms with van der Waals surface area (Å²) < 4.78 is 45.0. The van der Waals surface area contributed by atoms with E-state index in [-0.39, 0.29) is 35.7 Å². The van der Waals surface area contributed by atoms with E-state index >= 15 is 0 Å². The first kappa shape index (κ1) is 25.6. The molecule has 1 fully saturated rings. The van der Waals surface area contributed by atoms with Crippen molar-refractivity contribution in [1.29, 1.82) is 0 Å². The summed E-state index contributed by atoms with van der Waals surface area (Å²) in [5.74, 6) is 0.378. The van der Waals surface area contributed by atoms with Gasteiger partial charge >= 0.3 is 18.2 Å². The Kier molecular flexibility index (Phi) is 6.99. The van der Waals surface area contributed by atoms with Crippen LogP contribution in [-0.4, -0.2) is 74.6 Å². The van der Waals surface area contributed by atoms with Crippen LogP contribution in [0.5, 0.6) is 6.01 Å². The number of aliphatic hydroxyl groups is 2. The molecule has 2 atom stereocenters. The maximum absolute atomic E-state index is 13.4. The summed E-state index contributed by atoms with van der Waals surface area (Å²) in [5, 5.41) is 21.0. The summed E-state index contributed by atoms with van der Waals surface area (Å²) in [4.78, 5) is 33.8. The van der Waals surface area contributed by atoms with Crippen molar-refractivity contribution in [2.75, 3.05) is 41.4 Å². The molecule has 2 aliphatic rings. The minimum absolute atomic E-state index is 0.0415. The molecule has 2 bridgehead atoms. The lowest BCUT2D eigenvalue weighted by molar-refractivity contribution is -0.137. The summed E-state index contributed by atoms with van der Waals surface area (Å²) in [6.07, 6.45) is 0.182. The number of fused-ring (bicyclic) bond motifs is 4. The van der Waals surface area contributed by atoms with Gasteiger partial charge in [0.2, 0.25) is 0 Å². The molecule has 14 heteroatoms. The second-order valence-corrected chi connectivity index (χ2v) is 8.92. The number of benzene rings is 1. The average Bonchev–Trinajstić information content (AvgIpc) is 2.92. The number of halogens is 3. The van der Waals surface area contributed by atoms with Gasteiger partial charge in [-0.25, -0.2) is 24.7 Å². The van der Waals surface area contributed by atoms with Gasteiger partial charge in [-0.1, -0.05) is 12.1 Å². The van der Waals surface area contributed by atoms with E-state index in [0.29, 0.717) is 18.1 Å². The number of piperidine rings is 1. The Hall–Kier alpha value is -4.04. The lowest BCUT2D eigenvalue weighted by Crippen LogP contribution is -2.56. The molecule has 4 heterocycles. The third-order valence-corrected chi connectivity index (χ3v) is 6.24. The zero-order chi connectivity index (χ0) is 26.9. The van der Waals surface area contributed by atoms with Crippen LogP contribution in [-0.2, 0) is 6.18 Å². The van der Waals surface area contributed by atoms with E-state index in [1.54, 1.807) is 0 Å². The normalized spacial score (nSPS) is 17.6. The van der Waals surface area contributed by atoms with Gasteiger partial charge < -0.3 is 25.2 Å². The van der Waals surface area contributed by atoms with Crippen LogP contribution in [0.2, 0.25) is 0 Å². The second-order valence-electron chi connectivity index (χ2n) is 8.92. The summed E-state index contributed by atoms with van der Waals surface area (Å²) >= 11 is 0. The number of aliphatic hydroxyl groups excluding tert-OH is 2. The Labute approximate surface area is 214 Å². The number of carbonyl (C=O) groups is 1. The number of aromatic nitrogens is 4. The van der Waals surface area contributed by atoms with Gasteiger partial charge in [0.25, 0.3) is 0 Å². The van der Waals surface area contributed by atoms with Crippen LogP contribution in [0.25, 0.3) is 11.4 Å². The number of amides is 2. The molecule has 0 spiro atoms. The van der Waals surface area contributed by atoms with Crippen molar-refractivity contribution in [2.24, 2.45) is 0 Å². The highest BCUT2D eigenvalue weighted by molar-refractivity contribution is 6.04. The van der Waals surface area contributed by atoms with Crippen molar-refractivity contribution in [1.82, 2.24) is 19.9 Å². The maximum atomic E-state index is 13.4. The highest BCUT2D eigenvalue weighted by Crippen LogP contribution is 2.39. The highest BCUT2D eigenvalue weighted by atomic mass is 19.4. The van der Waals surface area contributed by atoms with Crippen LogP contribution in [0.3, 0.4) is 0 Å². The first-order valence-electron chi connectivity index (χ1n) is 11.9. The molecule has 1 unspecified atom stereocenters. The summed E-state index contributed by atoms with van der Waals surface area (Å²) in [7, 11) is 0. The second kappa shape index (κ2) is 10.4. The largest absolute Gasteiger partial charge is 0.461 e. The lowest BCUT2D eigenvalue weighted by atomic mass is 10.0. The zero-order valence-corrected chi connectivity index (χ0v) is 20.0. The molecular weight excluding hydrogens is 507 g/mol. The highest BCUT2D eigenvalue weighted by Gasteiger charge is 2.39. The number of carbonyl (C=O) groups excluding carboxylic acids is 1. The Morgan fingerprint density at radius 3 is 2.74 bits per heavy atom. The van der Waals surface area contributed by atoms with Crippen LogP contribution in [0.4, 0.5) is 35.2 Å². The van der Waals surface area contributed by atoms with Gasteiger partial charge in [-0.2, -0.15) is 13.2 Å². The molecule has 3 N–H and O–H groups in total. The van der Waals surface area contributed by atoms with Gasteiger partial charge in [-0.05, 0) is 25.0 Å². The van der Waals surface area contributed by atoms with Crippen molar-refractivity contribution in [2.45, 2.75) is 31.2 Å². The Balaban J connectivity index is 1.41. The van der Waals surface area contributed by atoms with Crippen molar-refractivity contribution < 1.29 is 32.9 Å². The molecule has 200 valence electrons. The van der Waals surface area contributed by atoms with Crippen LogP contribution < -0.4 is 19.9 Å². The van der Waals surface area contributed by atoms with E-state index in [0.717, 1.165) is 31.5 Å². The van der Waals surface area contributed by atoms with Crippen molar-refractivity contribution in [3.05, 3.63) is 48.4 Å². The molecule has 1 aromatic carbocycles. The van der Waals surface area contributed by atoms with Gasteiger partial charge in [0.1, 0.15) is 12.7 Å². The molecule has 11 nitrogen and oxygen atoms in total. The van der Waals surface area contributed by atoms with Crippen molar-refractivity contribution >= 4 is 23.2 Å². The summed E-state index contributed by atoms with van der Waals surface area (Å²) in [6, 6.07) is 4.00. The smallest absolute Gasteiger partial charge is 0.416 e. The molecule has 38 heavy (non-hydrogen) atoms. The molecule has 0 saturated carbocycles. The number of rotatable bonds is 6. The number of hydrogen-bond donors (Lipinski definition) is 3. The fourth-order valence-corrected chi connectivity index (χ4v) is 4.42. The molecule has 0 radical (unpaired) electrons. The lowest BCUT2D eigenvalue weighted by Gasteiger charge is -2.45. The number of nitrogens with zero attached hydrogens (tertiary/aromatic N) is 6. The Morgan fingerprint density at radius 2 is 2.00 bits per heavy atom. The predicted octanol–water partition coefficient (Wildman–Crippen LogP) is 2.71. The molecule has 2 aliphatic heterocycles. The van der Waals surface area contributed by atoms with Crippen molar-refractivity contribution in [3.63, 3.8) is 0 Å². The molecule has 2 aromatic heterocycles. The maximum Gasteiger partial charge on any atom is 0.416 e. The van der Waals surface area contributed by atoms with Gasteiger partial charge in [-0.3, -0.25) is 4.90 Å². The minimum atomic E-state index is -4.51. The number of ether oxygens (including phenoxy) is 1. The monoisotopic (exact) mass is 531 g/mol. The molecule has 2 amide bonds. The van der Waals surface area contributed by atoms with Crippen LogP contribution in [0.1, 0.15) is 18.4 Å². The van der Waals surface area contributed by atoms with Crippen LogP contribution in [0.15, 0.2) is 42.9 Å². The van der Waals surface area contributed by atoms with Crippen LogP contribution in [0, 0.1) is 0 Å². The predicted molar refractivity (Wildman–Crippen MR) is 130 cm³/mol. The minimum Gasteiger partial charge on any atom is -0.461 e. The van der Waals surface area contributed by atoms with Gasteiger partial charge in [0.15, 0.2) is 11.6 Å². The Bertz CT molecular complexity index is 1310. The molecule has 5 rings (SSSR count). The van der Waals surface area contributed by atoms with E-state index in [4.69, 9.17) is 9.84 Å². The fraction of sp³-hybridized carbons (Fsp3) is 0.375. The molecular formula is C24H24F3N7O4. The molecule has 3 aromatic rings. The average molecular weight is 531 g/mol. The van der Waals surface area contributed by atoms with Crippen molar-refractivity contribution in [3.8, 4) is 17.4 Å². The van der Waals surface area contributed by atoms with E-state index in [1.165, 1.54) is 35.6 Å². The van der Waals surface area contributed by atoms with E-state index in [1.807, 2.05) is 0 Å². The van der Waals surface area contributed by atoms with Gasteiger partial charge in [0, 0.05) is 18.7 Å². The van der Waals surface area contributed by atoms with Gasteiger partial charge in [-0.15, -0.1) is 0 Å². The standard InChI is InChI=1S/C24H24F3N7O4/c25-24(26,27)15-4-1-3-14(7-15)20-28-10-19-21(32-20)34(17-5-2-6-33(19)11-17)23(37)31-16-8-29-22(30-9-16)38-13-18(36)12-35/h1,3-4,7-10,17-18,35-36H,2,5-6,11-13H2,(H,31,37)/t17-,18?/m0/s1. The van der Waals surface area contributed by atoms with E-state index in [2.05, 4.69) is 30.2 Å². The fourth-order valence-electron chi connectivity index (χ4n) is 4.42. The number of hydrogen-bond acceptors (Lipinski definition) is 9. The number of urea groups is 1. The number of alkyl halides is 3.